The molecule has 7 heteroatoms. The van der Waals surface area contributed by atoms with Crippen molar-refractivity contribution in [1.29, 1.82) is 0 Å². The number of hydrogen-bond acceptors (Lipinski definition) is 4. The van der Waals surface area contributed by atoms with Crippen LogP contribution in [0.3, 0.4) is 0 Å². The summed E-state index contributed by atoms with van der Waals surface area (Å²) in [5, 5.41) is 4.53. The fourth-order valence-corrected chi connectivity index (χ4v) is 3.14. The molecular weight excluding hydrogens is 368 g/mol. The zero-order valence-corrected chi connectivity index (χ0v) is 17.2. The Kier molecular flexibility index (Phi) is 6.16. The standard InChI is InChI=1S/C22H26N4O3/c1-16(2)14-24(3)20(27)15-25-21(17-8-6-5-7-9-17)23-26(22(25)28)18-10-12-19(29-4)13-11-18/h5-13,16H,14-15H2,1-4H3. The molecule has 0 aliphatic rings. The van der Waals surface area contributed by atoms with Gasteiger partial charge >= 0.3 is 5.69 Å². The van der Waals surface area contributed by atoms with Gasteiger partial charge in [0.1, 0.15) is 12.3 Å². The molecule has 0 bridgehead atoms. The molecule has 0 fully saturated rings. The smallest absolute Gasteiger partial charge is 0.351 e. The fraction of sp³-hybridized carbons (Fsp3) is 0.318. The first-order valence-electron chi connectivity index (χ1n) is 9.54. The van der Waals surface area contributed by atoms with Crippen LogP contribution in [-0.4, -0.2) is 45.9 Å². The molecule has 0 saturated carbocycles. The number of carbonyl (C=O) groups is 1. The third kappa shape index (κ3) is 4.56. The quantitative estimate of drug-likeness (QED) is 0.618. The number of carbonyl (C=O) groups excluding carboxylic acids is 1. The van der Waals surface area contributed by atoms with Crippen molar-refractivity contribution < 1.29 is 9.53 Å². The van der Waals surface area contributed by atoms with Gasteiger partial charge in [-0.15, -0.1) is 5.10 Å². The highest BCUT2D eigenvalue weighted by Crippen LogP contribution is 2.18. The van der Waals surface area contributed by atoms with Gasteiger partial charge in [-0.2, -0.15) is 4.68 Å². The Balaban J connectivity index is 2.04. The number of aromatic nitrogens is 3. The largest absolute Gasteiger partial charge is 0.497 e. The van der Waals surface area contributed by atoms with Gasteiger partial charge in [-0.25, -0.2) is 4.79 Å². The van der Waals surface area contributed by atoms with Gasteiger partial charge in [-0.1, -0.05) is 44.2 Å². The molecule has 0 saturated heterocycles. The highest BCUT2D eigenvalue weighted by atomic mass is 16.5. The summed E-state index contributed by atoms with van der Waals surface area (Å²) in [5.41, 5.74) is 1.02. The molecule has 0 aliphatic heterocycles. The molecule has 0 unspecified atom stereocenters. The highest BCUT2D eigenvalue weighted by molar-refractivity contribution is 5.76. The molecular formula is C22H26N4O3. The van der Waals surface area contributed by atoms with Crippen LogP contribution in [0.2, 0.25) is 0 Å². The van der Waals surface area contributed by atoms with Crippen molar-refractivity contribution >= 4 is 5.91 Å². The maximum Gasteiger partial charge on any atom is 0.351 e. The second kappa shape index (κ2) is 8.77. The van der Waals surface area contributed by atoms with Crippen LogP contribution < -0.4 is 10.4 Å². The number of amides is 1. The van der Waals surface area contributed by atoms with E-state index in [0.29, 0.717) is 29.7 Å². The molecule has 1 aromatic heterocycles. The minimum Gasteiger partial charge on any atom is -0.497 e. The van der Waals surface area contributed by atoms with Crippen molar-refractivity contribution in [3.05, 3.63) is 65.1 Å². The van der Waals surface area contributed by atoms with Gasteiger partial charge in [0.2, 0.25) is 5.91 Å². The van der Waals surface area contributed by atoms with E-state index in [4.69, 9.17) is 4.74 Å². The molecule has 0 aliphatic carbocycles. The first kappa shape index (κ1) is 20.4. The lowest BCUT2D eigenvalue weighted by atomic mass is 10.2. The van der Waals surface area contributed by atoms with Gasteiger partial charge in [0.25, 0.3) is 0 Å². The molecule has 7 nitrogen and oxygen atoms in total. The summed E-state index contributed by atoms with van der Waals surface area (Å²) in [6.07, 6.45) is 0. The van der Waals surface area contributed by atoms with Crippen LogP contribution in [0.15, 0.2) is 59.4 Å². The van der Waals surface area contributed by atoms with Crippen molar-refractivity contribution in [3.63, 3.8) is 0 Å². The van der Waals surface area contributed by atoms with Crippen LogP contribution in [-0.2, 0) is 11.3 Å². The van der Waals surface area contributed by atoms with Crippen molar-refractivity contribution in [2.45, 2.75) is 20.4 Å². The van der Waals surface area contributed by atoms with E-state index in [1.54, 1.807) is 43.3 Å². The molecule has 152 valence electrons. The number of methoxy groups -OCH3 is 1. The molecule has 0 N–H and O–H groups in total. The van der Waals surface area contributed by atoms with E-state index in [-0.39, 0.29) is 18.1 Å². The van der Waals surface area contributed by atoms with E-state index in [9.17, 15) is 9.59 Å². The Morgan fingerprint density at radius 3 is 2.34 bits per heavy atom. The number of rotatable bonds is 7. The summed E-state index contributed by atoms with van der Waals surface area (Å²) in [5.74, 6) is 1.36. The third-order valence-electron chi connectivity index (χ3n) is 4.57. The Morgan fingerprint density at radius 1 is 1.10 bits per heavy atom. The molecule has 3 aromatic rings. The molecule has 2 aromatic carbocycles. The van der Waals surface area contributed by atoms with Crippen LogP contribution in [0.5, 0.6) is 5.75 Å². The van der Waals surface area contributed by atoms with Crippen LogP contribution >= 0.6 is 0 Å². The summed E-state index contributed by atoms with van der Waals surface area (Å²) < 4.78 is 7.93. The van der Waals surface area contributed by atoms with Gasteiger partial charge in [0.15, 0.2) is 5.82 Å². The first-order chi connectivity index (χ1) is 13.9. The molecule has 0 atom stereocenters. The van der Waals surface area contributed by atoms with E-state index in [0.717, 1.165) is 5.56 Å². The lowest BCUT2D eigenvalue weighted by Crippen LogP contribution is -2.36. The van der Waals surface area contributed by atoms with Crippen LogP contribution in [0.25, 0.3) is 17.1 Å². The number of ether oxygens (including phenoxy) is 1. The highest BCUT2D eigenvalue weighted by Gasteiger charge is 2.20. The third-order valence-corrected chi connectivity index (χ3v) is 4.57. The van der Waals surface area contributed by atoms with E-state index in [1.165, 1.54) is 9.25 Å². The van der Waals surface area contributed by atoms with Crippen molar-refractivity contribution in [2.24, 2.45) is 5.92 Å². The molecule has 0 spiro atoms. The summed E-state index contributed by atoms with van der Waals surface area (Å²) in [6, 6.07) is 16.5. The van der Waals surface area contributed by atoms with E-state index < -0.39 is 0 Å². The lowest BCUT2D eigenvalue weighted by Gasteiger charge is -2.19. The minimum absolute atomic E-state index is 0.0670. The van der Waals surface area contributed by atoms with E-state index >= 15 is 0 Å². The zero-order chi connectivity index (χ0) is 21.0. The maximum atomic E-state index is 13.2. The van der Waals surface area contributed by atoms with Gasteiger partial charge in [0, 0.05) is 19.2 Å². The first-order valence-corrected chi connectivity index (χ1v) is 9.54. The predicted octanol–water partition coefficient (Wildman–Crippen LogP) is 2.82. The number of benzene rings is 2. The molecule has 1 amide bonds. The van der Waals surface area contributed by atoms with E-state index in [1.807, 2.05) is 44.2 Å². The summed E-state index contributed by atoms with van der Waals surface area (Å²) >= 11 is 0. The lowest BCUT2D eigenvalue weighted by molar-refractivity contribution is -0.131. The number of likely N-dealkylation sites (N-methyl/N-ethyl adjacent to an activating group) is 1. The van der Waals surface area contributed by atoms with Crippen molar-refractivity contribution in [2.75, 3.05) is 20.7 Å². The Morgan fingerprint density at radius 2 is 1.76 bits per heavy atom. The summed E-state index contributed by atoms with van der Waals surface area (Å²) in [6.45, 7) is 4.66. The van der Waals surface area contributed by atoms with Gasteiger partial charge < -0.3 is 9.64 Å². The minimum atomic E-state index is -0.361. The summed E-state index contributed by atoms with van der Waals surface area (Å²) in [7, 11) is 3.34. The van der Waals surface area contributed by atoms with Gasteiger partial charge in [0.05, 0.1) is 12.8 Å². The van der Waals surface area contributed by atoms with Crippen molar-refractivity contribution in [3.8, 4) is 22.8 Å². The SMILES string of the molecule is COc1ccc(-n2nc(-c3ccccc3)n(CC(=O)N(C)CC(C)C)c2=O)cc1. The molecule has 29 heavy (non-hydrogen) atoms. The molecule has 0 radical (unpaired) electrons. The van der Waals surface area contributed by atoms with Gasteiger partial charge in [-0.05, 0) is 30.2 Å². The van der Waals surface area contributed by atoms with Crippen LogP contribution in [0.4, 0.5) is 0 Å². The average molecular weight is 394 g/mol. The maximum absolute atomic E-state index is 13.2. The Hall–Kier alpha value is -3.35. The molecule has 1 heterocycles. The van der Waals surface area contributed by atoms with Crippen molar-refractivity contribution in [1.82, 2.24) is 19.2 Å². The zero-order valence-electron chi connectivity index (χ0n) is 17.2. The van der Waals surface area contributed by atoms with E-state index in [2.05, 4.69) is 5.10 Å². The summed E-state index contributed by atoms with van der Waals surface area (Å²) in [4.78, 5) is 27.5. The monoisotopic (exact) mass is 394 g/mol. The van der Waals surface area contributed by atoms with Gasteiger partial charge in [-0.3, -0.25) is 9.36 Å². The number of hydrogen-bond donors (Lipinski definition) is 0. The average Bonchev–Trinajstić information content (AvgIpc) is 3.04. The molecule has 3 rings (SSSR count). The van der Waals surface area contributed by atoms with Crippen LogP contribution in [0, 0.1) is 5.92 Å². The Bertz CT molecular complexity index is 1020. The second-order valence-electron chi connectivity index (χ2n) is 7.34. The normalized spacial score (nSPS) is 10.9. The number of nitrogens with zero attached hydrogens (tertiary/aromatic N) is 4. The predicted molar refractivity (Wildman–Crippen MR) is 112 cm³/mol. The Labute approximate surface area is 170 Å². The fourth-order valence-electron chi connectivity index (χ4n) is 3.14. The topological polar surface area (TPSA) is 69.4 Å². The second-order valence-corrected chi connectivity index (χ2v) is 7.34. The van der Waals surface area contributed by atoms with Crippen LogP contribution in [0.1, 0.15) is 13.8 Å².